The van der Waals surface area contributed by atoms with Crippen LogP contribution in [-0.2, 0) is 4.79 Å². The molecule has 0 aromatic carbocycles. The van der Waals surface area contributed by atoms with Crippen LogP contribution < -0.4 is 9.80 Å². The van der Waals surface area contributed by atoms with Crippen LogP contribution in [0.2, 0.25) is 0 Å². The van der Waals surface area contributed by atoms with Gasteiger partial charge in [0.1, 0.15) is 5.82 Å². The molecule has 7 nitrogen and oxygen atoms in total. The highest BCUT2D eigenvalue weighted by molar-refractivity contribution is 5.73. The van der Waals surface area contributed by atoms with Crippen LogP contribution in [0.1, 0.15) is 25.6 Å². The molecule has 1 aromatic heterocycles. The van der Waals surface area contributed by atoms with Gasteiger partial charge in [0, 0.05) is 33.1 Å². The molecule has 0 radical (unpaired) electrons. The highest BCUT2D eigenvalue weighted by Crippen LogP contribution is 2.24. The van der Waals surface area contributed by atoms with Crippen LogP contribution in [0.15, 0.2) is 0 Å². The third kappa shape index (κ3) is 2.74. The molecule has 0 bridgehead atoms. The second kappa shape index (κ2) is 4.99. The lowest BCUT2D eigenvalue weighted by atomic mass is 10.0. The molecule has 1 aliphatic rings. The largest absolute Gasteiger partial charge is 0.481 e. The maximum atomic E-state index is 10.8. The van der Waals surface area contributed by atoms with Gasteiger partial charge in [-0.15, -0.1) is 0 Å². The first-order chi connectivity index (χ1) is 8.88. The van der Waals surface area contributed by atoms with Crippen LogP contribution >= 0.6 is 0 Å². The standard InChI is InChI=1S/C12H19N5O2/c1-7(2)9-13-11(16(3)4)15-12(14-9)17-5-8(6-17)10(18)19/h7-8H,5-6H2,1-4H3,(H,18,19). The minimum Gasteiger partial charge on any atom is -0.481 e. The predicted octanol–water partition coefficient (Wildman–Crippen LogP) is 0.582. The summed E-state index contributed by atoms with van der Waals surface area (Å²) < 4.78 is 0. The van der Waals surface area contributed by atoms with Crippen molar-refractivity contribution in [2.45, 2.75) is 19.8 Å². The molecule has 1 aliphatic heterocycles. The number of hydrogen-bond donors (Lipinski definition) is 1. The van der Waals surface area contributed by atoms with Crippen molar-refractivity contribution in [3.05, 3.63) is 5.82 Å². The lowest BCUT2D eigenvalue weighted by molar-refractivity contribution is -0.142. The monoisotopic (exact) mass is 265 g/mol. The average Bonchev–Trinajstić information content (AvgIpc) is 2.25. The van der Waals surface area contributed by atoms with Gasteiger partial charge >= 0.3 is 5.97 Å². The van der Waals surface area contributed by atoms with Gasteiger partial charge in [0.05, 0.1) is 5.92 Å². The minimum absolute atomic E-state index is 0.206. The lowest BCUT2D eigenvalue weighted by Crippen LogP contribution is -2.51. The van der Waals surface area contributed by atoms with Crippen LogP contribution in [0.5, 0.6) is 0 Å². The maximum Gasteiger partial charge on any atom is 0.310 e. The molecule has 19 heavy (non-hydrogen) atoms. The summed E-state index contributed by atoms with van der Waals surface area (Å²) in [5.41, 5.74) is 0. The van der Waals surface area contributed by atoms with Crippen molar-refractivity contribution in [1.29, 1.82) is 0 Å². The zero-order chi connectivity index (χ0) is 14.2. The number of nitrogens with zero attached hydrogens (tertiary/aromatic N) is 5. The summed E-state index contributed by atoms with van der Waals surface area (Å²) in [5.74, 6) is 1.03. The van der Waals surface area contributed by atoms with Crippen LogP contribution in [-0.4, -0.2) is 53.2 Å². The second-order valence-electron chi connectivity index (χ2n) is 5.28. The third-order valence-corrected chi connectivity index (χ3v) is 3.06. The summed E-state index contributed by atoms with van der Waals surface area (Å²) in [6, 6.07) is 0. The molecule has 1 aromatic rings. The molecule has 0 atom stereocenters. The van der Waals surface area contributed by atoms with Gasteiger partial charge in [0.15, 0.2) is 0 Å². The van der Waals surface area contributed by atoms with E-state index in [0.717, 1.165) is 5.82 Å². The van der Waals surface area contributed by atoms with Crippen LogP contribution in [0.25, 0.3) is 0 Å². The Bertz CT molecular complexity index is 457. The summed E-state index contributed by atoms with van der Waals surface area (Å²) in [6.07, 6.45) is 0. The molecule has 1 saturated heterocycles. The fraction of sp³-hybridized carbons (Fsp3) is 0.667. The van der Waals surface area contributed by atoms with Crippen molar-refractivity contribution >= 4 is 17.9 Å². The second-order valence-corrected chi connectivity index (χ2v) is 5.28. The van der Waals surface area contributed by atoms with Crippen molar-refractivity contribution in [3.63, 3.8) is 0 Å². The zero-order valence-electron chi connectivity index (χ0n) is 11.7. The van der Waals surface area contributed by atoms with E-state index in [1.165, 1.54) is 0 Å². The summed E-state index contributed by atoms with van der Waals surface area (Å²) in [7, 11) is 3.75. The molecule has 0 saturated carbocycles. The number of aromatic nitrogens is 3. The van der Waals surface area contributed by atoms with E-state index in [2.05, 4.69) is 15.0 Å². The van der Waals surface area contributed by atoms with Crippen LogP contribution in [0, 0.1) is 5.92 Å². The van der Waals surface area contributed by atoms with Gasteiger partial charge < -0.3 is 14.9 Å². The van der Waals surface area contributed by atoms with Gasteiger partial charge in [-0.1, -0.05) is 13.8 Å². The Morgan fingerprint density at radius 1 is 1.32 bits per heavy atom. The number of carboxylic acids is 1. The summed E-state index contributed by atoms with van der Waals surface area (Å²) in [4.78, 5) is 27.7. The zero-order valence-corrected chi connectivity index (χ0v) is 11.7. The van der Waals surface area contributed by atoms with Gasteiger partial charge in [-0.2, -0.15) is 15.0 Å². The highest BCUT2D eigenvalue weighted by Gasteiger charge is 2.34. The fourth-order valence-electron chi connectivity index (χ4n) is 1.77. The van der Waals surface area contributed by atoms with Gasteiger partial charge in [-0.05, 0) is 0 Å². The quantitative estimate of drug-likeness (QED) is 0.852. The Labute approximate surface area is 112 Å². The average molecular weight is 265 g/mol. The molecule has 0 aliphatic carbocycles. The molecule has 0 amide bonds. The Morgan fingerprint density at radius 3 is 2.42 bits per heavy atom. The number of rotatable bonds is 4. The van der Waals surface area contributed by atoms with Crippen molar-refractivity contribution < 1.29 is 9.90 Å². The van der Waals surface area contributed by atoms with Crippen LogP contribution in [0.4, 0.5) is 11.9 Å². The normalized spacial score (nSPS) is 15.5. The number of carbonyl (C=O) groups is 1. The highest BCUT2D eigenvalue weighted by atomic mass is 16.4. The molecule has 0 unspecified atom stereocenters. The lowest BCUT2D eigenvalue weighted by Gasteiger charge is -2.36. The smallest absolute Gasteiger partial charge is 0.310 e. The van der Waals surface area contributed by atoms with Gasteiger partial charge in [-0.25, -0.2) is 0 Å². The molecule has 2 heterocycles. The summed E-state index contributed by atoms with van der Waals surface area (Å²) >= 11 is 0. The van der Waals surface area contributed by atoms with E-state index in [4.69, 9.17) is 5.11 Å². The minimum atomic E-state index is -0.762. The topological polar surface area (TPSA) is 82.5 Å². The van der Waals surface area contributed by atoms with Crippen molar-refractivity contribution in [3.8, 4) is 0 Å². The van der Waals surface area contributed by atoms with E-state index in [-0.39, 0.29) is 11.8 Å². The maximum absolute atomic E-state index is 10.8. The summed E-state index contributed by atoms with van der Waals surface area (Å²) in [6.45, 7) is 4.97. The first kappa shape index (κ1) is 13.5. The molecular formula is C12H19N5O2. The van der Waals surface area contributed by atoms with Crippen molar-refractivity contribution in [2.75, 3.05) is 37.0 Å². The van der Waals surface area contributed by atoms with E-state index in [9.17, 15) is 4.79 Å². The first-order valence-electron chi connectivity index (χ1n) is 6.29. The van der Waals surface area contributed by atoms with Gasteiger partial charge in [0.25, 0.3) is 0 Å². The Balaban J connectivity index is 2.23. The predicted molar refractivity (Wildman–Crippen MR) is 71.6 cm³/mol. The molecular weight excluding hydrogens is 246 g/mol. The van der Waals surface area contributed by atoms with E-state index >= 15 is 0 Å². The molecule has 1 N–H and O–H groups in total. The van der Waals surface area contributed by atoms with E-state index in [0.29, 0.717) is 25.0 Å². The SMILES string of the molecule is CC(C)c1nc(N(C)C)nc(N2CC(C(=O)O)C2)n1. The molecule has 7 heteroatoms. The number of hydrogen-bond acceptors (Lipinski definition) is 6. The fourth-order valence-corrected chi connectivity index (χ4v) is 1.77. The van der Waals surface area contributed by atoms with E-state index in [1.54, 1.807) is 0 Å². The van der Waals surface area contributed by atoms with Gasteiger partial charge in [0.2, 0.25) is 11.9 Å². The molecule has 2 rings (SSSR count). The van der Waals surface area contributed by atoms with Crippen molar-refractivity contribution in [2.24, 2.45) is 5.92 Å². The number of carboxylic acid groups (broad SMARTS) is 1. The Hall–Kier alpha value is -1.92. The van der Waals surface area contributed by atoms with Crippen LogP contribution in [0.3, 0.4) is 0 Å². The third-order valence-electron chi connectivity index (χ3n) is 3.06. The van der Waals surface area contributed by atoms with E-state index in [1.807, 2.05) is 37.7 Å². The van der Waals surface area contributed by atoms with Gasteiger partial charge in [-0.3, -0.25) is 4.79 Å². The molecule has 104 valence electrons. The Kier molecular flexibility index (Phi) is 3.55. The molecule has 0 spiro atoms. The van der Waals surface area contributed by atoms with E-state index < -0.39 is 5.97 Å². The number of aliphatic carboxylic acids is 1. The Morgan fingerprint density at radius 2 is 1.95 bits per heavy atom. The summed E-state index contributed by atoms with van der Waals surface area (Å²) in [5, 5.41) is 8.90. The first-order valence-corrected chi connectivity index (χ1v) is 6.29. The molecule has 1 fully saturated rings. The van der Waals surface area contributed by atoms with Crippen molar-refractivity contribution in [1.82, 2.24) is 15.0 Å². The number of anilines is 2.